The van der Waals surface area contributed by atoms with Crippen molar-refractivity contribution in [2.75, 3.05) is 0 Å². The zero-order valence-electron chi connectivity index (χ0n) is 18.7. The van der Waals surface area contributed by atoms with Crippen molar-refractivity contribution in [3.05, 3.63) is 64.6 Å². The largest absolute Gasteiger partial charge is 0.220 e. The van der Waals surface area contributed by atoms with Crippen LogP contribution >= 0.6 is 0 Å². The first-order valence-electron chi connectivity index (χ1n) is 10.9. The SMILES string of the molecule is Cc1cc(-c2c3ccc(C4CC[Si](C)(C)CC4)cc3cc[n+]2C)c(C)c(C)c1F. The van der Waals surface area contributed by atoms with Gasteiger partial charge in [-0.25, -0.2) is 8.96 Å². The summed E-state index contributed by atoms with van der Waals surface area (Å²) in [7, 11) is 1.15. The highest BCUT2D eigenvalue weighted by molar-refractivity contribution is 6.77. The van der Waals surface area contributed by atoms with Crippen molar-refractivity contribution >= 4 is 18.8 Å². The zero-order valence-corrected chi connectivity index (χ0v) is 19.7. The molecule has 0 radical (unpaired) electrons. The summed E-state index contributed by atoms with van der Waals surface area (Å²) >= 11 is 0. The van der Waals surface area contributed by atoms with Crippen molar-refractivity contribution in [3.8, 4) is 11.3 Å². The van der Waals surface area contributed by atoms with Crippen LogP contribution in [0.15, 0.2) is 36.5 Å². The molecule has 1 nitrogen and oxygen atoms in total. The molecule has 3 heteroatoms. The van der Waals surface area contributed by atoms with Gasteiger partial charge in [0.1, 0.15) is 12.9 Å². The Bertz CT molecular complexity index is 1090. The van der Waals surface area contributed by atoms with Crippen LogP contribution < -0.4 is 4.57 Å². The molecule has 29 heavy (non-hydrogen) atoms. The zero-order chi connectivity index (χ0) is 20.9. The smallest absolute Gasteiger partial charge is 0.206 e. The third kappa shape index (κ3) is 3.66. The second kappa shape index (κ2) is 7.35. The fourth-order valence-electron chi connectivity index (χ4n) is 5.01. The van der Waals surface area contributed by atoms with Crippen molar-refractivity contribution < 1.29 is 8.96 Å². The molecule has 0 saturated carbocycles. The molecular weight excluding hydrogens is 373 g/mol. The standard InChI is InChI=1S/C26H33FNSi/c1-17-15-24(18(2)19(3)25(17)27)26-23-8-7-21(16-22(23)9-12-28(26)4)20-10-13-29(5,6)14-11-20/h7-9,12,15-16,20H,10-11,13-14H2,1-6H3/q+1. The maximum Gasteiger partial charge on any atom is 0.220 e. The van der Waals surface area contributed by atoms with Crippen LogP contribution in [0.25, 0.3) is 22.0 Å². The van der Waals surface area contributed by atoms with Gasteiger partial charge in [-0.05, 0) is 79.3 Å². The Balaban J connectivity index is 1.82. The van der Waals surface area contributed by atoms with E-state index in [2.05, 4.69) is 55.2 Å². The molecule has 0 unspecified atom stereocenters. The van der Waals surface area contributed by atoms with Gasteiger partial charge >= 0.3 is 0 Å². The summed E-state index contributed by atoms with van der Waals surface area (Å²) in [6.45, 7) is 10.9. The summed E-state index contributed by atoms with van der Waals surface area (Å²) in [5.74, 6) is 0.620. The topological polar surface area (TPSA) is 3.88 Å². The van der Waals surface area contributed by atoms with Gasteiger partial charge in [-0.3, -0.25) is 0 Å². The molecule has 4 rings (SSSR count). The minimum absolute atomic E-state index is 0.0831. The van der Waals surface area contributed by atoms with E-state index in [1.165, 1.54) is 47.0 Å². The van der Waals surface area contributed by atoms with E-state index in [-0.39, 0.29) is 5.82 Å². The Morgan fingerprint density at radius 2 is 1.66 bits per heavy atom. The van der Waals surface area contributed by atoms with E-state index in [1.807, 2.05) is 26.8 Å². The van der Waals surface area contributed by atoms with Crippen LogP contribution in [0.2, 0.25) is 25.2 Å². The Morgan fingerprint density at radius 3 is 2.34 bits per heavy atom. The molecule has 1 saturated heterocycles. The van der Waals surface area contributed by atoms with E-state index < -0.39 is 8.07 Å². The summed E-state index contributed by atoms with van der Waals surface area (Å²) in [6.07, 6.45) is 4.83. The van der Waals surface area contributed by atoms with Crippen molar-refractivity contribution in [2.45, 2.75) is 64.7 Å². The van der Waals surface area contributed by atoms with Gasteiger partial charge in [0.25, 0.3) is 0 Å². The number of aromatic nitrogens is 1. The minimum Gasteiger partial charge on any atom is -0.206 e. The highest BCUT2D eigenvalue weighted by Gasteiger charge is 2.29. The summed E-state index contributed by atoms with van der Waals surface area (Å²) in [6, 6.07) is 14.2. The molecule has 1 aliphatic rings. The van der Waals surface area contributed by atoms with E-state index in [9.17, 15) is 4.39 Å². The summed E-state index contributed by atoms with van der Waals surface area (Å²) in [4.78, 5) is 0. The van der Waals surface area contributed by atoms with Gasteiger partial charge in [-0.1, -0.05) is 37.3 Å². The van der Waals surface area contributed by atoms with Crippen LogP contribution in [-0.2, 0) is 7.05 Å². The van der Waals surface area contributed by atoms with Gasteiger partial charge in [0, 0.05) is 14.1 Å². The molecule has 1 aromatic heterocycles. The number of hydrogen-bond acceptors (Lipinski definition) is 0. The quantitative estimate of drug-likeness (QED) is 0.319. The highest BCUT2D eigenvalue weighted by Crippen LogP contribution is 2.40. The Labute approximate surface area is 175 Å². The first-order chi connectivity index (χ1) is 13.7. The number of fused-ring (bicyclic) bond motifs is 1. The average Bonchev–Trinajstić information content (AvgIpc) is 2.69. The normalized spacial score (nSPS) is 17.1. The predicted molar refractivity (Wildman–Crippen MR) is 124 cm³/mol. The summed E-state index contributed by atoms with van der Waals surface area (Å²) in [5, 5.41) is 2.54. The number of nitrogens with zero attached hydrogens (tertiary/aromatic N) is 1. The van der Waals surface area contributed by atoms with Crippen molar-refractivity contribution in [1.29, 1.82) is 0 Å². The van der Waals surface area contributed by atoms with Gasteiger partial charge in [-0.2, -0.15) is 0 Å². The molecule has 152 valence electrons. The first-order valence-corrected chi connectivity index (χ1v) is 14.3. The van der Waals surface area contributed by atoms with Gasteiger partial charge in [-0.15, -0.1) is 0 Å². The van der Waals surface area contributed by atoms with Crippen molar-refractivity contribution in [1.82, 2.24) is 0 Å². The Hall–Kier alpha value is -2.00. The number of halogens is 1. The molecule has 0 aliphatic carbocycles. The molecule has 0 amide bonds. The van der Waals surface area contributed by atoms with E-state index in [0.717, 1.165) is 16.7 Å². The minimum atomic E-state index is -0.935. The van der Waals surface area contributed by atoms with E-state index in [4.69, 9.17) is 0 Å². The van der Waals surface area contributed by atoms with Crippen LogP contribution in [0.4, 0.5) is 4.39 Å². The molecule has 0 atom stereocenters. The lowest BCUT2D eigenvalue weighted by atomic mass is 9.90. The predicted octanol–water partition coefficient (Wildman–Crippen LogP) is 6.98. The van der Waals surface area contributed by atoms with Crippen molar-refractivity contribution in [2.24, 2.45) is 7.05 Å². The first kappa shape index (κ1) is 20.3. The molecule has 2 heterocycles. The second-order valence-corrected chi connectivity index (χ2v) is 15.2. The van der Waals surface area contributed by atoms with Gasteiger partial charge in [0.15, 0.2) is 6.20 Å². The molecule has 2 aromatic carbocycles. The fourth-order valence-corrected chi connectivity index (χ4v) is 7.52. The van der Waals surface area contributed by atoms with E-state index >= 15 is 0 Å². The third-order valence-corrected chi connectivity index (χ3v) is 10.5. The van der Waals surface area contributed by atoms with E-state index in [1.54, 1.807) is 0 Å². The molecule has 1 fully saturated rings. The lowest BCUT2D eigenvalue weighted by Gasteiger charge is -2.33. The number of pyridine rings is 1. The Kier molecular flexibility index (Phi) is 5.14. The lowest BCUT2D eigenvalue weighted by Crippen LogP contribution is -2.31. The monoisotopic (exact) mass is 406 g/mol. The lowest BCUT2D eigenvalue weighted by molar-refractivity contribution is -0.659. The highest BCUT2D eigenvalue weighted by atomic mass is 28.3. The summed E-state index contributed by atoms with van der Waals surface area (Å²) in [5.41, 5.74) is 6.29. The second-order valence-electron chi connectivity index (χ2n) is 9.87. The Morgan fingerprint density at radius 1 is 0.966 bits per heavy atom. The van der Waals surface area contributed by atoms with Crippen LogP contribution in [0.5, 0.6) is 0 Å². The molecule has 1 aliphatic heterocycles. The van der Waals surface area contributed by atoms with Gasteiger partial charge in [0.05, 0.1) is 10.9 Å². The number of hydrogen-bond donors (Lipinski definition) is 0. The van der Waals surface area contributed by atoms with Gasteiger partial charge in [0.2, 0.25) is 5.69 Å². The van der Waals surface area contributed by atoms with Gasteiger partial charge < -0.3 is 0 Å². The van der Waals surface area contributed by atoms with Crippen LogP contribution in [-0.4, -0.2) is 8.07 Å². The molecule has 0 N–H and O–H groups in total. The van der Waals surface area contributed by atoms with E-state index in [0.29, 0.717) is 11.5 Å². The van der Waals surface area contributed by atoms with Crippen LogP contribution in [0.1, 0.15) is 41.0 Å². The third-order valence-electron chi connectivity index (χ3n) is 7.23. The molecule has 0 bridgehead atoms. The van der Waals surface area contributed by atoms with Crippen LogP contribution in [0.3, 0.4) is 0 Å². The number of rotatable bonds is 2. The number of aryl methyl sites for hydroxylation is 2. The molecule has 3 aromatic rings. The van der Waals surface area contributed by atoms with Crippen molar-refractivity contribution in [3.63, 3.8) is 0 Å². The molecule has 0 spiro atoms. The molecular formula is C26H33FNSi+. The number of benzene rings is 2. The fraction of sp³-hybridized carbons (Fsp3) is 0.423. The average molecular weight is 407 g/mol. The maximum atomic E-state index is 14.4. The van der Waals surface area contributed by atoms with Crippen LogP contribution in [0, 0.1) is 26.6 Å². The maximum absolute atomic E-state index is 14.4. The summed E-state index contributed by atoms with van der Waals surface area (Å²) < 4.78 is 16.6.